The Hall–Kier alpha value is -3.58. The number of fused-ring (bicyclic) bond motifs is 3. The number of piperidine rings is 1. The summed E-state index contributed by atoms with van der Waals surface area (Å²) in [7, 11) is 0. The summed E-state index contributed by atoms with van der Waals surface area (Å²) in [6, 6.07) is 17.3. The van der Waals surface area contributed by atoms with E-state index in [1.165, 1.54) is 12.0 Å². The average Bonchev–Trinajstić information content (AvgIpc) is 2.84. The Labute approximate surface area is 187 Å². The Bertz CT molecular complexity index is 1260. The van der Waals surface area contributed by atoms with Gasteiger partial charge in [-0.15, -0.1) is 0 Å². The Kier molecular flexibility index (Phi) is 4.50. The lowest BCUT2D eigenvalue weighted by molar-refractivity contribution is -0.00875. The third-order valence-corrected chi connectivity index (χ3v) is 6.64. The summed E-state index contributed by atoms with van der Waals surface area (Å²) >= 11 is 0. The van der Waals surface area contributed by atoms with Crippen molar-refractivity contribution in [1.82, 2.24) is 24.8 Å². The number of aromatic nitrogens is 4. The molecule has 0 radical (unpaired) electrons. The van der Waals surface area contributed by atoms with Crippen molar-refractivity contribution >= 4 is 22.5 Å². The summed E-state index contributed by atoms with van der Waals surface area (Å²) in [5, 5.41) is 0.874. The maximum atomic E-state index is 6.15. The van der Waals surface area contributed by atoms with Crippen molar-refractivity contribution in [2.24, 2.45) is 0 Å². The first-order valence-corrected chi connectivity index (χ1v) is 11.0. The number of hydrogen-bond donors (Lipinski definition) is 1. The molecule has 7 heteroatoms. The molecule has 160 valence electrons. The molecular formula is C25H25N7. The highest BCUT2D eigenvalue weighted by molar-refractivity contribution is 5.89. The minimum atomic E-state index is 0.495. The second kappa shape index (κ2) is 7.53. The van der Waals surface area contributed by atoms with Crippen molar-refractivity contribution < 1.29 is 0 Å². The minimum absolute atomic E-state index is 0.495. The van der Waals surface area contributed by atoms with Gasteiger partial charge in [-0.2, -0.15) is 0 Å². The number of rotatable bonds is 4. The Morgan fingerprint density at radius 2 is 1.78 bits per heavy atom. The van der Waals surface area contributed by atoms with Crippen LogP contribution in [0.5, 0.6) is 0 Å². The quantitative estimate of drug-likeness (QED) is 0.538. The molecule has 0 saturated carbocycles. The molecule has 0 spiro atoms. The number of pyridine rings is 2. The van der Waals surface area contributed by atoms with Crippen molar-refractivity contribution in [1.29, 1.82) is 0 Å². The summed E-state index contributed by atoms with van der Waals surface area (Å²) in [6.45, 7) is 5.01. The van der Waals surface area contributed by atoms with Crippen LogP contribution in [-0.2, 0) is 6.54 Å². The molecule has 2 bridgehead atoms. The number of aryl methyl sites for hydroxylation is 1. The standard InChI is InChI=1S/C25H25N7/c1-16-6-7-17(11-27-16)13-32-19-10-20(32)15-31(14-19)23-9-8-18(12-28-23)25-29-22-5-3-2-4-21(22)24(26)30-25/h2-9,11-12,19-20H,10,13-15H2,1H3,(H2,26,29,30). The fourth-order valence-corrected chi connectivity index (χ4v) is 4.87. The van der Waals surface area contributed by atoms with Crippen LogP contribution in [0.3, 0.4) is 0 Å². The van der Waals surface area contributed by atoms with Gasteiger partial charge in [0.1, 0.15) is 11.6 Å². The largest absolute Gasteiger partial charge is 0.383 e. The van der Waals surface area contributed by atoms with E-state index >= 15 is 0 Å². The van der Waals surface area contributed by atoms with Crippen LogP contribution in [0.4, 0.5) is 11.6 Å². The van der Waals surface area contributed by atoms with Gasteiger partial charge in [-0.25, -0.2) is 15.0 Å². The molecule has 3 aromatic heterocycles. The van der Waals surface area contributed by atoms with E-state index in [0.717, 1.165) is 47.6 Å². The molecule has 0 amide bonds. The smallest absolute Gasteiger partial charge is 0.163 e. The zero-order valence-corrected chi connectivity index (χ0v) is 18.0. The number of nitrogens with two attached hydrogens (primary N) is 1. The van der Waals surface area contributed by atoms with Gasteiger partial charge in [0.2, 0.25) is 0 Å². The predicted octanol–water partition coefficient (Wildman–Crippen LogP) is 3.44. The highest BCUT2D eigenvalue weighted by Crippen LogP contribution is 2.35. The molecule has 7 nitrogen and oxygen atoms in total. The van der Waals surface area contributed by atoms with Crippen LogP contribution in [0.15, 0.2) is 60.9 Å². The fraction of sp³-hybridized carbons (Fsp3) is 0.280. The molecule has 4 aromatic rings. The van der Waals surface area contributed by atoms with E-state index in [4.69, 9.17) is 10.7 Å². The van der Waals surface area contributed by atoms with Gasteiger partial charge in [0.15, 0.2) is 5.82 Å². The van der Waals surface area contributed by atoms with E-state index < -0.39 is 0 Å². The lowest BCUT2D eigenvalue weighted by Gasteiger charge is -2.56. The second-order valence-corrected chi connectivity index (χ2v) is 8.78. The van der Waals surface area contributed by atoms with Crippen LogP contribution in [-0.4, -0.2) is 50.0 Å². The molecule has 3 aliphatic heterocycles. The normalized spacial score (nSPS) is 20.3. The topological polar surface area (TPSA) is 84.1 Å². The number of para-hydroxylation sites is 1. The molecule has 1 aromatic carbocycles. The van der Waals surface area contributed by atoms with Gasteiger partial charge in [0.05, 0.1) is 5.52 Å². The Morgan fingerprint density at radius 3 is 2.53 bits per heavy atom. The van der Waals surface area contributed by atoms with E-state index in [9.17, 15) is 0 Å². The van der Waals surface area contributed by atoms with Gasteiger partial charge in [-0.1, -0.05) is 18.2 Å². The van der Waals surface area contributed by atoms with Crippen LogP contribution in [0.2, 0.25) is 0 Å². The van der Waals surface area contributed by atoms with Crippen LogP contribution in [0, 0.1) is 6.92 Å². The zero-order chi connectivity index (χ0) is 21.7. The summed E-state index contributed by atoms with van der Waals surface area (Å²) in [5.74, 6) is 2.11. The molecule has 3 fully saturated rings. The molecule has 2 atom stereocenters. The highest BCUT2D eigenvalue weighted by atomic mass is 15.4. The fourth-order valence-electron chi connectivity index (χ4n) is 4.87. The first-order valence-electron chi connectivity index (χ1n) is 11.0. The average molecular weight is 424 g/mol. The van der Waals surface area contributed by atoms with E-state index in [-0.39, 0.29) is 0 Å². The Balaban J connectivity index is 1.16. The van der Waals surface area contributed by atoms with Crippen molar-refractivity contribution in [2.45, 2.75) is 32.0 Å². The van der Waals surface area contributed by atoms with Gasteiger partial charge in [-0.3, -0.25) is 9.88 Å². The molecule has 7 rings (SSSR count). The van der Waals surface area contributed by atoms with E-state index in [2.05, 4.69) is 43.0 Å². The summed E-state index contributed by atoms with van der Waals surface area (Å²) in [6.07, 6.45) is 5.12. The van der Waals surface area contributed by atoms with Gasteiger partial charge in [0, 0.05) is 60.8 Å². The van der Waals surface area contributed by atoms with Crippen molar-refractivity contribution in [2.75, 3.05) is 23.7 Å². The lowest BCUT2D eigenvalue weighted by Crippen LogP contribution is -2.68. The van der Waals surface area contributed by atoms with Crippen molar-refractivity contribution in [3.05, 3.63) is 72.2 Å². The molecular weight excluding hydrogens is 398 g/mol. The number of nitrogens with zero attached hydrogens (tertiary/aromatic N) is 6. The molecule has 6 heterocycles. The third-order valence-electron chi connectivity index (χ3n) is 6.64. The summed E-state index contributed by atoms with van der Waals surface area (Å²) in [5.41, 5.74) is 10.2. The van der Waals surface area contributed by atoms with E-state index in [0.29, 0.717) is 23.7 Å². The second-order valence-electron chi connectivity index (χ2n) is 8.78. The van der Waals surface area contributed by atoms with Crippen LogP contribution < -0.4 is 10.6 Å². The van der Waals surface area contributed by atoms with Gasteiger partial charge < -0.3 is 10.6 Å². The highest BCUT2D eigenvalue weighted by Gasteiger charge is 2.44. The molecule has 0 aliphatic carbocycles. The molecule has 3 saturated heterocycles. The summed E-state index contributed by atoms with van der Waals surface area (Å²) in [4.78, 5) is 23.3. The monoisotopic (exact) mass is 423 g/mol. The van der Waals surface area contributed by atoms with Crippen LogP contribution in [0.1, 0.15) is 17.7 Å². The van der Waals surface area contributed by atoms with Crippen molar-refractivity contribution in [3.8, 4) is 11.4 Å². The number of nitrogen functional groups attached to an aromatic ring is 1. The summed E-state index contributed by atoms with van der Waals surface area (Å²) < 4.78 is 0. The predicted molar refractivity (Wildman–Crippen MR) is 126 cm³/mol. The minimum Gasteiger partial charge on any atom is -0.383 e. The van der Waals surface area contributed by atoms with Crippen LogP contribution in [0.25, 0.3) is 22.3 Å². The Morgan fingerprint density at radius 1 is 0.938 bits per heavy atom. The number of hydrogen-bond acceptors (Lipinski definition) is 7. The van der Waals surface area contributed by atoms with Gasteiger partial charge in [0.25, 0.3) is 0 Å². The number of piperazine rings is 1. The van der Waals surface area contributed by atoms with E-state index in [1.54, 1.807) is 0 Å². The van der Waals surface area contributed by atoms with Crippen LogP contribution >= 0.6 is 0 Å². The van der Waals surface area contributed by atoms with Gasteiger partial charge in [-0.05, 0) is 49.2 Å². The van der Waals surface area contributed by atoms with Gasteiger partial charge >= 0.3 is 0 Å². The molecule has 32 heavy (non-hydrogen) atoms. The molecule has 2 unspecified atom stereocenters. The number of anilines is 2. The SMILES string of the molecule is Cc1ccc(CN2C3CC2CN(c2ccc(-c4nc(N)c5ccccc5n4)cn2)C3)cn1. The molecule has 2 N–H and O–H groups in total. The number of benzene rings is 1. The van der Waals surface area contributed by atoms with Crippen molar-refractivity contribution in [3.63, 3.8) is 0 Å². The zero-order valence-electron chi connectivity index (χ0n) is 18.0. The van der Waals surface area contributed by atoms with E-state index in [1.807, 2.05) is 49.6 Å². The lowest BCUT2D eigenvalue weighted by atomic mass is 9.87. The maximum Gasteiger partial charge on any atom is 0.163 e. The first kappa shape index (κ1) is 19.1. The first-order chi connectivity index (χ1) is 15.6. The third kappa shape index (κ3) is 3.35. The maximum absolute atomic E-state index is 6.15. The molecule has 3 aliphatic rings.